The number of allylic oxidation sites excluding steroid dienone is 2. The molecule has 0 saturated heterocycles. The molecule has 0 aliphatic carbocycles. The summed E-state index contributed by atoms with van der Waals surface area (Å²) in [4.78, 5) is 4.12. The first-order valence-electron chi connectivity index (χ1n) is 3.25. The number of nitrogens with zero attached hydrogens (tertiary/aromatic N) is 1. The van der Waals surface area contributed by atoms with Crippen molar-refractivity contribution in [3.05, 3.63) is 24.8 Å². The first-order chi connectivity index (χ1) is 4.77. The first kappa shape index (κ1) is 7.22. The van der Waals surface area contributed by atoms with Crippen LogP contribution in [0.2, 0.25) is 0 Å². The quantitative estimate of drug-likeness (QED) is 0.529. The lowest BCUT2D eigenvalue weighted by molar-refractivity contribution is 0.0583. The van der Waals surface area contributed by atoms with Crippen LogP contribution >= 0.6 is 0 Å². The highest BCUT2D eigenvalue weighted by molar-refractivity contribution is 5.61. The van der Waals surface area contributed by atoms with Gasteiger partial charge in [0.15, 0.2) is 5.72 Å². The lowest BCUT2D eigenvalue weighted by Gasteiger charge is -2.14. The van der Waals surface area contributed by atoms with E-state index in [4.69, 9.17) is 4.74 Å². The van der Waals surface area contributed by atoms with Crippen LogP contribution in [0, 0.1) is 0 Å². The minimum Gasteiger partial charge on any atom is -0.345 e. The molecule has 2 heteroatoms. The van der Waals surface area contributed by atoms with E-state index in [1.165, 1.54) is 0 Å². The molecule has 0 fully saturated rings. The molecule has 0 amide bonds. The molecule has 0 aromatic carbocycles. The Hall–Kier alpha value is -0.890. The average molecular weight is 137 g/mol. The second-order valence-electron chi connectivity index (χ2n) is 2.27. The third-order valence-electron chi connectivity index (χ3n) is 1.34. The van der Waals surface area contributed by atoms with Gasteiger partial charge in [0.05, 0.1) is 6.61 Å². The predicted octanol–water partition coefficient (Wildman–Crippen LogP) is 1.55. The van der Waals surface area contributed by atoms with Crippen LogP contribution < -0.4 is 0 Å². The molecule has 1 unspecified atom stereocenters. The van der Waals surface area contributed by atoms with Crippen LogP contribution in [0.4, 0.5) is 0 Å². The van der Waals surface area contributed by atoms with Crippen molar-refractivity contribution >= 4 is 6.21 Å². The van der Waals surface area contributed by atoms with Gasteiger partial charge in [0.1, 0.15) is 0 Å². The third kappa shape index (κ3) is 1.54. The largest absolute Gasteiger partial charge is 0.345 e. The van der Waals surface area contributed by atoms with Crippen LogP contribution in [0.25, 0.3) is 0 Å². The van der Waals surface area contributed by atoms with Crippen LogP contribution in [-0.4, -0.2) is 18.5 Å². The van der Waals surface area contributed by atoms with Crippen molar-refractivity contribution in [1.82, 2.24) is 0 Å². The van der Waals surface area contributed by atoms with Crippen LogP contribution in [0.5, 0.6) is 0 Å². The summed E-state index contributed by atoms with van der Waals surface area (Å²) in [6.45, 7) is 6.08. The van der Waals surface area contributed by atoms with Gasteiger partial charge >= 0.3 is 0 Å². The summed E-state index contributed by atoms with van der Waals surface area (Å²) in [6.07, 6.45) is 7.20. The highest BCUT2D eigenvalue weighted by atomic mass is 16.5. The fourth-order valence-electron chi connectivity index (χ4n) is 0.800. The second kappa shape index (κ2) is 2.80. The smallest absolute Gasteiger partial charge is 0.175 e. The van der Waals surface area contributed by atoms with Crippen molar-refractivity contribution in [1.29, 1.82) is 0 Å². The Morgan fingerprint density at radius 2 is 2.60 bits per heavy atom. The zero-order valence-corrected chi connectivity index (χ0v) is 6.08. The van der Waals surface area contributed by atoms with E-state index in [0.717, 1.165) is 0 Å². The summed E-state index contributed by atoms with van der Waals surface area (Å²) < 4.78 is 5.29. The molecular weight excluding hydrogens is 126 g/mol. The summed E-state index contributed by atoms with van der Waals surface area (Å²) in [5.41, 5.74) is -0.436. The van der Waals surface area contributed by atoms with Crippen LogP contribution in [-0.2, 0) is 4.74 Å². The van der Waals surface area contributed by atoms with Crippen LogP contribution in [0.15, 0.2) is 29.8 Å². The zero-order valence-electron chi connectivity index (χ0n) is 6.08. The summed E-state index contributed by atoms with van der Waals surface area (Å²) >= 11 is 0. The highest BCUT2D eigenvalue weighted by Gasteiger charge is 2.21. The monoisotopic (exact) mass is 137 g/mol. The zero-order chi connectivity index (χ0) is 7.45. The Bertz CT molecular complexity index is 184. The molecule has 1 heterocycles. The van der Waals surface area contributed by atoms with Gasteiger partial charge in [0, 0.05) is 6.21 Å². The van der Waals surface area contributed by atoms with Gasteiger partial charge < -0.3 is 4.74 Å². The van der Waals surface area contributed by atoms with Crippen molar-refractivity contribution in [2.24, 2.45) is 4.99 Å². The van der Waals surface area contributed by atoms with E-state index in [2.05, 4.69) is 11.6 Å². The van der Waals surface area contributed by atoms with Crippen molar-refractivity contribution < 1.29 is 4.74 Å². The summed E-state index contributed by atoms with van der Waals surface area (Å²) in [5.74, 6) is 0. The fourth-order valence-corrected chi connectivity index (χ4v) is 0.800. The van der Waals surface area contributed by atoms with E-state index >= 15 is 0 Å². The van der Waals surface area contributed by atoms with Crippen molar-refractivity contribution in [3.8, 4) is 0 Å². The van der Waals surface area contributed by atoms with Crippen molar-refractivity contribution in [2.45, 2.75) is 12.6 Å². The van der Waals surface area contributed by atoms with E-state index in [-0.39, 0.29) is 0 Å². The molecule has 1 atom stereocenters. The minimum atomic E-state index is -0.436. The molecule has 1 aliphatic heterocycles. The van der Waals surface area contributed by atoms with Gasteiger partial charge in [0.25, 0.3) is 0 Å². The Kier molecular flexibility index (Phi) is 2.02. The molecule has 2 nitrogen and oxygen atoms in total. The fraction of sp³-hybridized carbons (Fsp3) is 0.375. The Labute approximate surface area is 60.9 Å². The molecule has 0 aromatic heterocycles. The van der Waals surface area contributed by atoms with Crippen LogP contribution in [0.1, 0.15) is 6.92 Å². The van der Waals surface area contributed by atoms with Gasteiger partial charge in [0.2, 0.25) is 0 Å². The summed E-state index contributed by atoms with van der Waals surface area (Å²) in [7, 11) is 0. The summed E-state index contributed by atoms with van der Waals surface area (Å²) in [6, 6.07) is 0. The lowest BCUT2D eigenvalue weighted by Crippen LogP contribution is -2.17. The minimum absolute atomic E-state index is 0.436. The molecule has 0 aromatic rings. The first-order valence-corrected chi connectivity index (χ1v) is 3.25. The highest BCUT2D eigenvalue weighted by Crippen LogP contribution is 2.17. The molecule has 0 radical (unpaired) electrons. The normalized spacial score (nSPS) is 31.7. The van der Waals surface area contributed by atoms with E-state index in [9.17, 15) is 0 Å². The van der Waals surface area contributed by atoms with Gasteiger partial charge in [-0.1, -0.05) is 18.7 Å². The van der Waals surface area contributed by atoms with Crippen LogP contribution in [0.3, 0.4) is 0 Å². The maximum atomic E-state index is 5.29. The van der Waals surface area contributed by atoms with Crippen molar-refractivity contribution in [3.63, 3.8) is 0 Å². The third-order valence-corrected chi connectivity index (χ3v) is 1.34. The standard InChI is InChI=1S/C8H11NO/c1-3-4-5-8(2)9-6-7-10-8/h3-6H,1,7H2,2H3. The number of hydrogen-bond donors (Lipinski definition) is 0. The van der Waals surface area contributed by atoms with E-state index in [0.29, 0.717) is 6.61 Å². The number of aliphatic imine (C=N–C) groups is 1. The molecule has 54 valence electrons. The Morgan fingerprint density at radius 1 is 1.80 bits per heavy atom. The average Bonchev–Trinajstić information content (AvgIpc) is 2.33. The van der Waals surface area contributed by atoms with E-state index < -0.39 is 5.72 Å². The van der Waals surface area contributed by atoms with Gasteiger partial charge in [-0.15, -0.1) is 0 Å². The lowest BCUT2D eigenvalue weighted by atomic mass is 10.2. The molecule has 10 heavy (non-hydrogen) atoms. The van der Waals surface area contributed by atoms with Gasteiger partial charge in [-0.05, 0) is 13.0 Å². The van der Waals surface area contributed by atoms with Gasteiger partial charge in [-0.2, -0.15) is 0 Å². The second-order valence-corrected chi connectivity index (χ2v) is 2.27. The molecule has 0 saturated carbocycles. The van der Waals surface area contributed by atoms with E-state index in [1.807, 2.05) is 19.1 Å². The molecule has 0 bridgehead atoms. The number of rotatable bonds is 2. The maximum absolute atomic E-state index is 5.29. The topological polar surface area (TPSA) is 21.6 Å². The molecule has 1 rings (SSSR count). The predicted molar refractivity (Wildman–Crippen MR) is 42.2 cm³/mol. The summed E-state index contributed by atoms with van der Waals surface area (Å²) in [5, 5.41) is 0. The molecule has 0 spiro atoms. The Morgan fingerprint density at radius 3 is 3.10 bits per heavy atom. The number of hydrogen-bond acceptors (Lipinski definition) is 2. The Balaban J connectivity index is 2.60. The van der Waals surface area contributed by atoms with Gasteiger partial charge in [-0.3, -0.25) is 4.99 Å². The molecular formula is C8H11NO. The SMILES string of the molecule is C=CC=CC1(C)N=CCO1. The van der Waals surface area contributed by atoms with E-state index in [1.54, 1.807) is 12.3 Å². The van der Waals surface area contributed by atoms with Crippen molar-refractivity contribution in [2.75, 3.05) is 6.61 Å². The molecule has 0 N–H and O–H groups in total. The molecule has 1 aliphatic rings. The maximum Gasteiger partial charge on any atom is 0.175 e. The number of ether oxygens (including phenoxy) is 1. The van der Waals surface area contributed by atoms with Gasteiger partial charge in [-0.25, -0.2) is 0 Å².